The molecular weight excluding hydrogens is 287 g/mol. The number of carbonyl (C=O) groups is 1. The van der Waals surface area contributed by atoms with E-state index in [-0.39, 0.29) is 11.7 Å². The summed E-state index contributed by atoms with van der Waals surface area (Å²) in [5.74, 6) is -1.36. The molecule has 0 bridgehead atoms. The molecule has 0 amide bonds. The molecule has 0 unspecified atom stereocenters. The Labute approximate surface area is 120 Å². The predicted octanol–water partition coefficient (Wildman–Crippen LogP) is 3.02. The number of methoxy groups -OCH3 is 1. The van der Waals surface area contributed by atoms with Crippen LogP contribution in [0.4, 0.5) is 18.9 Å². The van der Waals surface area contributed by atoms with E-state index >= 15 is 0 Å². The fourth-order valence-electron chi connectivity index (χ4n) is 2.49. The summed E-state index contributed by atoms with van der Waals surface area (Å²) in [4.78, 5) is 13.0. The molecule has 1 aromatic carbocycles. The number of halogens is 3. The summed E-state index contributed by atoms with van der Waals surface area (Å²) in [6, 6.07) is 2.85. The molecule has 116 valence electrons. The number of hydrogen-bond donors (Lipinski definition) is 1. The van der Waals surface area contributed by atoms with Gasteiger partial charge >= 0.3 is 12.1 Å². The van der Waals surface area contributed by atoms with Crippen molar-refractivity contribution in [2.45, 2.75) is 25.1 Å². The number of carboxylic acid groups (broad SMARTS) is 1. The van der Waals surface area contributed by atoms with Crippen LogP contribution < -0.4 is 4.90 Å². The van der Waals surface area contributed by atoms with Gasteiger partial charge in [0.1, 0.15) is 0 Å². The molecule has 7 heteroatoms. The third-order valence-electron chi connectivity index (χ3n) is 3.67. The molecule has 0 radical (unpaired) electrons. The summed E-state index contributed by atoms with van der Waals surface area (Å²) in [5.41, 5.74) is -0.943. The van der Waals surface area contributed by atoms with E-state index in [1.807, 2.05) is 0 Å². The minimum absolute atomic E-state index is 0.115. The minimum atomic E-state index is -4.55. The van der Waals surface area contributed by atoms with E-state index in [1.54, 1.807) is 12.0 Å². The molecule has 0 aliphatic carbocycles. The summed E-state index contributed by atoms with van der Waals surface area (Å²) >= 11 is 0. The Hall–Kier alpha value is -1.76. The predicted molar refractivity (Wildman–Crippen MR) is 70.6 cm³/mol. The lowest BCUT2D eigenvalue weighted by molar-refractivity contribution is -0.137. The molecule has 0 atom stereocenters. The van der Waals surface area contributed by atoms with Crippen molar-refractivity contribution in [2.75, 3.05) is 25.1 Å². The second-order valence-electron chi connectivity index (χ2n) is 4.96. The van der Waals surface area contributed by atoms with E-state index in [0.717, 1.165) is 18.9 Å². The van der Waals surface area contributed by atoms with Crippen molar-refractivity contribution < 1.29 is 27.8 Å². The number of rotatable bonds is 3. The molecular formula is C14H16F3NO3. The van der Waals surface area contributed by atoms with Gasteiger partial charge in [0.25, 0.3) is 0 Å². The van der Waals surface area contributed by atoms with Gasteiger partial charge in [0.15, 0.2) is 0 Å². The molecule has 0 saturated carbocycles. The largest absolute Gasteiger partial charge is 0.478 e. The number of hydrogen-bond acceptors (Lipinski definition) is 3. The average molecular weight is 303 g/mol. The maximum Gasteiger partial charge on any atom is 0.416 e. The molecule has 0 spiro atoms. The molecule has 1 aromatic rings. The third-order valence-corrected chi connectivity index (χ3v) is 3.67. The van der Waals surface area contributed by atoms with Gasteiger partial charge < -0.3 is 14.7 Å². The van der Waals surface area contributed by atoms with Crippen LogP contribution in [-0.2, 0) is 10.9 Å². The highest BCUT2D eigenvalue weighted by molar-refractivity contribution is 5.94. The summed E-state index contributed by atoms with van der Waals surface area (Å²) in [6.07, 6.45) is -3.00. The lowest BCUT2D eigenvalue weighted by Gasteiger charge is -2.33. The zero-order valence-electron chi connectivity index (χ0n) is 11.5. The van der Waals surface area contributed by atoms with Gasteiger partial charge in [-0.15, -0.1) is 0 Å². The highest BCUT2D eigenvalue weighted by atomic mass is 19.4. The first-order valence-corrected chi connectivity index (χ1v) is 6.55. The Morgan fingerprint density at radius 3 is 2.43 bits per heavy atom. The van der Waals surface area contributed by atoms with Gasteiger partial charge in [-0.05, 0) is 31.0 Å². The van der Waals surface area contributed by atoms with Crippen LogP contribution in [0.2, 0.25) is 0 Å². The van der Waals surface area contributed by atoms with Crippen LogP contribution in [0.3, 0.4) is 0 Å². The number of nitrogens with zero attached hydrogens (tertiary/aromatic N) is 1. The van der Waals surface area contributed by atoms with Crippen LogP contribution in [0.5, 0.6) is 0 Å². The Kier molecular flexibility index (Phi) is 4.41. The number of aromatic carboxylic acids is 1. The SMILES string of the molecule is COC1CCN(c2ccc(C(F)(F)F)cc2C(=O)O)CC1. The first kappa shape index (κ1) is 15.6. The van der Waals surface area contributed by atoms with Crippen LogP contribution in [0.25, 0.3) is 0 Å². The quantitative estimate of drug-likeness (QED) is 0.932. The Morgan fingerprint density at radius 2 is 1.95 bits per heavy atom. The minimum Gasteiger partial charge on any atom is -0.478 e. The third kappa shape index (κ3) is 3.47. The van der Waals surface area contributed by atoms with Crippen molar-refractivity contribution >= 4 is 11.7 Å². The normalized spacial score (nSPS) is 17.0. The molecule has 1 fully saturated rings. The van der Waals surface area contributed by atoms with Crippen molar-refractivity contribution in [3.63, 3.8) is 0 Å². The van der Waals surface area contributed by atoms with Crippen LogP contribution in [0.15, 0.2) is 18.2 Å². The topological polar surface area (TPSA) is 49.8 Å². The Balaban J connectivity index is 2.29. The van der Waals surface area contributed by atoms with Gasteiger partial charge in [-0.25, -0.2) is 4.79 Å². The van der Waals surface area contributed by atoms with E-state index in [0.29, 0.717) is 24.8 Å². The highest BCUT2D eigenvalue weighted by Crippen LogP contribution is 2.33. The lowest BCUT2D eigenvalue weighted by atomic mass is 10.0. The van der Waals surface area contributed by atoms with Crippen LogP contribution in [-0.4, -0.2) is 37.4 Å². The fourth-order valence-corrected chi connectivity index (χ4v) is 2.49. The monoisotopic (exact) mass is 303 g/mol. The first-order chi connectivity index (χ1) is 9.82. The van der Waals surface area contributed by atoms with Gasteiger partial charge in [0.2, 0.25) is 0 Å². The van der Waals surface area contributed by atoms with Gasteiger partial charge in [-0.1, -0.05) is 0 Å². The number of ether oxygens (including phenoxy) is 1. The molecule has 0 aromatic heterocycles. The Morgan fingerprint density at radius 1 is 1.33 bits per heavy atom. The Bertz CT molecular complexity index is 523. The van der Waals surface area contributed by atoms with Gasteiger partial charge in [-0.2, -0.15) is 13.2 Å². The number of benzene rings is 1. The summed E-state index contributed by atoms with van der Waals surface area (Å²) in [5, 5.41) is 9.17. The van der Waals surface area contributed by atoms with Crippen LogP contribution in [0.1, 0.15) is 28.8 Å². The van der Waals surface area contributed by atoms with E-state index in [9.17, 15) is 18.0 Å². The van der Waals surface area contributed by atoms with Gasteiger partial charge in [0, 0.05) is 20.2 Å². The second-order valence-corrected chi connectivity index (χ2v) is 4.96. The standard InChI is InChI=1S/C14H16F3NO3/c1-21-10-4-6-18(7-5-10)12-3-2-9(14(15,16)17)8-11(12)13(19)20/h2-3,8,10H,4-7H2,1H3,(H,19,20). The van der Waals surface area contributed by atoms with Gasteiger partial charge in [-0.3, -0.25) is 0 Å². The molecule has 4 nitrogen and oxygen atoms in total. The molecule has 1 aliphatic rings. The van der Waals surface area contributed by atoms with Crippen molar-refractivity contribution in [1.29, 1.82) is 0 Å². The maximum absolute atomic E-state index is 12.7. The van der Waals surface area contributed by atoms with E-state index in [2.05, 4.69) is 0 Å². The number of carboxylic acids is 1. The van der Waals surface area contributed by atoms with Crippen molar-refractivity contribution in [3.8, 4) is 0 Å². The molecule has 1 aliphatic heterocycles. The molecule has 2 rings (SSSR count). The fraction of sp³-hybridized carbons (Fsp3) is 0.500. The molecule has 1 saturated heterocycles. The number of alkyl halides is 3. The summed E-state index contributed by atoms with van der Waals surface area (Å²) < 4.78 is 43.3. The molecule has 1 heterocycles. The van der Waals surface area contributed by atoms with Crippen molar-refractivity contribution in [1.82, 2.24) is 0 Å². The van der Waals surface area contributed by atoms with Crippen LogP contribution >= 0.6 is 0 Å². The lowest BCUT2D eigenvalue weighted by Crippen LogP contribution is -2.37. The zero-order chi connectivity index (χ0) is 15.6. The van der Waals surface area contributed by atoms with Gasteiger partial charge in [0.05, 0.1) is 22.9 Å². The van der Waals surface area contributed by atoms with E-state index < -0.39 is 17.7 Å². The van der Waals surface area contributed by atoms with E-state index in [1.165, 1.54) is 6.07 Å². The van der Waals surface area contributed by atoms with Crippen molar-refractivity contribution in [3.05, 3.63) is 29.3 Å². The number of anilines is 1. The second kappa shape index (κ2) is 5.93. The summed E-state index contributed by atoms with van der Waals surface area (Å²) in [7, 11) is 1.61. The summed E-state index contributed by atoms with van der Waals surface area (Å²) in [6.45, 7) is 1.12. The zero-order valence-corrected chi connectivity index (χ0v) is 11.5. The maximum atomic E-state index is 12.7. The average Bonchev–Trinajstić information content (AvgIpc) is 2.45. The smallest absolute Gasteiger partial charge is 0.416 e. The molecule has 1 N–H and O–H groups in total. The first-order valence-electron chi connectivity index (χ1n) is 6.55. The van der Waals surface area contributed by atoms with Crippen molar-refractivity contribution in [2.24, 2.45) is 0 Å². The van der Waals surface area contributed by atoms with Crippen LogP contribution in [0, 0.1) is 0 Å². The number of piperidine rings is 1. The molecule has 21 heavy (non-hydrogen) atoms. The van der Waals surface area contributed by atoms with E-state index in [4.69, 9.17) is 9.84 Å². The highest BCUT2D eigenvalue weighted by Gasteiger charge is 2.32.